The third-order valence-corrected chi connectivity index (χ3v) is 7.62. The van der Waals surface area contributed by atoms with Crippen LogP contribution in [0.5, 0.6) is 0 Å². The van der Waals surface area contributed by atoms with Gasteiger partial charge in [-0.3, -0.25) is 14.4 Å². The molecule has 1 N–H and O–H groups in total. The smallest absolute Gasteiger partial charge is 0.313 e. The highest BCUT2D eigenvalue weighted by molar-refractivity contribution is 5.99. The van der Waals surface area contributed by atoms with Crippen LogP contribution >= 0.6 is 0 Å². The SMILES string of the molecule is CC[C@@H](CO)N1C(=O)[C@@H]2[C@@H]3C(=O)OCC=C[C@@H]3O[C@@]23C=CCN(C(C)(C)CC(C)(C)C)C(=O)C13. The van der Waals surface area contributed by atoms with Crippen LogP contribution in [0.4, 0.5) is 0 Å². The fourth-order valence-electron chi connectivity index (χ4n) is 6.65. The Hall–Kier alpha value is -2.19. The number of hydrogen-bond acceptors (Lipinski definition) is 6. The number of hydrogen-bond donors (Lipinski definition) is 1. The molecule has 2 fully saturated rings. The molecule has 0 aliphatic carbocycles. The number of amides is 2. The van der Waals surface area contributed by atoms with E-state index in [2.05, 4.69) is 20.8 Å². The monoisotopic (exact) mass is 474 g/mol. The summed E-state index contributed by atoms with van der Waals surface area (Å²) in [6, 6.07) is -1.52. The zero-order chi connectivity index (χ0) is 25.1. The summed E-state index contributed by atoms with van der Waals surface area (Å²) in [7, 11) is 0. The van der Waals surface area contributed by atoms with Gasteiger partial charge in [0.25, 0.3) is 0 Å². The summed E-state index contributed by atoms with van der Waals surface area (Å²) < 4.78 is 11.9. The van der Waals surface area contributed by atoms with Crippen molar-refractivity contribution in [2.45, 2.75) is 83.7 Å². The molecule has 6 atom stereocenters. The average Bonchev–Trinajstić information content (AvgIpc) is 3.02. The number of likely N-dealkylation sites (tertiary alicyclic amines) is 1. The lowest BCUT2D eigenvalue weighted by Crippen LogP contribution is -2.61. The summed E-state index contributed by atoms with van der Waals surface area (Å²) in [4.78, 5) is 44.6. The quantitative estimate of drug-likeness (QED) is 0.484. The number of ether oxygens (including phenoxy) is 2. The van der Waals surface area contributed by atoms with E-state index in [0.29, 0.717) is 13.0 Å². The minimum Gasteiger partial charge on any atom is -0.461 e. The molecule has 188 valence electrons. The molecule has 1 unspecified atom stereocenters. The molecule has 0 aromatic heterocycles. The van der Waals surface area contributed by atoms with Gasteiger partial charge in [0.15, 0.2) is 0 Å². The van der Waals surface area contributed by atoms with Crippen LogP contribution in [-0.2, 0) is 23.9 Å². The van der Waals surface area contributed by atoms with E-state index in [4.69, 9.17) is 9.47 Å². The van der Waals surface area contributed by atoms with Gasteiger partial charge in [0.2, 0.25) is 11.8 Å². The van der Waals surface area contributed by atoms with E-state index in [1.54, 1.807) is 12.2 Å². The third kappa shape index (κ3) is 3.79. The van der Waals surface area contributed by atoms with Gasteiger partial charge in [0, 0.05) is 12.1 Å². The minimum atomic E-state index is -1.29. The Morgan fingerprint density at radius 1 is 1.15 bits per heavy atom. The van der Waals surface area contributed by atoms with E-state index < -0.39 is 47.1 Å². The second-order valence-electron chi connectivity index (χ2n) is 11.8. The molecule has 0 bridgehead atoms. The molecule has 0 saturated carbocycles. The lowest BCUT2D eigenvalue weighted by Gasteiger charge is -2.45. The molecule has 4 heterocycles. The number of fused-ring (bicyclic) bond motifs is 2. The summed E-state index contributed by atoms with van der Waals surface area (Å²) >= 11 is 0. The van der Waals surface area contributed by atoms with Crippen molar-refractivity contribution in [3.63, 3.8) is 0 Å². The molecule has 2 amide bonds. The number of rotatable bonds is 5. The van der Waals surface area contributed by atoms with Crippen molar-refractivity contribution in [1.82, 2.24) is 9.80 Å². The Morgan fingerprint density at radius 3 is 2.47 bits per heavy atom. The largest absolute Gasteiger partial charge is 0.461 e. The van der Waals surface area contributed by atoms with Crippen LogP contribution in [0.1, 0.15) is 54.4 Å². The van der Waals surface area contributed by atoms with Crippen molar-refractivity contribution in [1.29, 1.82) is 0 Å². The van der Waals surface area contributed by atoms with Gasteiger partial charge < -0.3 is 24.4 Å². The predicted molar refractivity (Wildman–Crippen MR) is 125 cm³/mol. The van der Waals surface area contributed by atoms with E-state index in [1.807, 2.05) is 37.8 Å². The fourth-order valence-corrected chi connectivity index (χ4v) is 6.65. The summed E-state index contributed by atoms with van der Waals surface area (Å²) in [6.45, 7) is 12.6. The highest BCUT2D eigenvalue weighted by atomic mass is 16.6. The highest BCUT2D eigenvalue weighted by Gasteiger charge is 2.72. The van der Waals surface area contributed by atoms with E-state index in [9.17, 15) is 19.5 Å². The van der Waals surface area contributed by atoms with Crippen molar-refractivity contribution < 1.29 is 29.0 Å². The molecular weight excluding hydrogens is 436 g/mol. The molecule has 4 rings (SSSR count). The number of nitrogens with zero attached hydrogens (tertiary/aromatic N) is 2. The Kier molecular flexibility index (Phi) is 6.22. The zero-order valence-corrected chi connectivity index (χ0v) is 21.1. The first-order valence-corrected chi connectivity index (χ1v) is 12.3. The average molecular weight is 475 g/mol. The first-order chi connectivity index (χ1) is 15.9. The molecule has 0 aromatic rings. The van der Waals surface area contributed by atoms with E-state index in [1.165, 1.54) is 4.90 Å². The molecule has 4 aliphatic heterocycles. The summed E-state index contributed by atoms with van der Waals surface area (Å²) in [5.41, 5.74) is -1.80. The number of aliphatic hydroxyl groups is 1. The van der Waals surface area contributed by atoms with Gasteiger partial charge in [-0.1, -0.05) is 45.9 Å². The van der Waals surface area contributed by atoms with Crippen LogP contribution in [-0.4, -0.2) is 81.8 Å². The Bertz CT molecular complexity index is 915. The number of aliphatic hydroxyl groups excluding tert-OH is 1. The summed E-state index contributed by atoms with van der Waals surface area (Å²) in [6.07, 6.45) is 7.80. The van der Waals surface area contributed by atoms with E-state index in [0.717, 1.165) is 6.42 Å². The van der Waals surface area contributed by atoms with Gasteiger partial charge in [-0.25, -0.2) is 0 Å². The van der Waals surface area contributed by atoms with Gasteiger partial charge in [-0.15, -0.1) is 0 Å². The fraction of sp³-hybridized carbons (Fsp3) is 0.731. The summed E-state index contributed by atoms with van der Waals surface area (Å²) in [5.74, 6) is -2.75. The normalized spacial score (nSPS) is 34.4. The molecule has 8 heteroatoms. The van der Waals surface area contributed by atoms with Gasteiger partial charge in [-0.05, 0) is 38.2 Å². The standard InChI is InChI=1S/C26H38N2O6/c1-7-16(14-29)28-20-22(31)27(25(5,6)15-24(2,3)4)12-9-11-26(20)19(21(28)30)18-17(34-26)10-8-13-33-23(18)32/h8-11,16-20,29H,7,12-15H2,1-6H3/t16-,17-,18+,19-,20?,26-/m0/s1. The van der Waals surface area contributed by atoms with Crippen molar-refractivity contribution in [3.8, 4) is 0 Å². The van der Waals surface area contributed by atoms with Crippen molar-refractivity contribution in [3.05, 3.63) is 24.3 Å². The van der Waals surface area contributed by atoms with Crippen LogP contribution in [0.25, 0.3) is 0 Å². The maximum Gasteiger partial charge on any atom is 0.313 e. The van der Waals surface area contributed by atoms with Gasteiger partial charge in [-0.2, -0.15) is 0 Å². The first-order valence-electron chi connectivity index (χ1n) is 12.3. The Morgan fingerprint density at radius 2 is 1.85 bits per heavy atom. The number of cyclic esters (lactones) is 1. The van der Waals surface area contributed by atoms with Crippen molar-refractivity contribution in [2.24, 2.45) is 17.3 Å². The first kappa shape index (κ1) is 24.9. The maximum atomic E-state index is 14.3. The maximum absolute atomic E-state index is 14.3. The second-order valence-corrected chi connectivity index (χ2v) is 11.8. The Balaban J connectivity index is 1.84. The molecule has 2 saturated heterocycles. The van der Waals surface area contributed by atoms with Gasteiger partial charge in [0.05, 0.1) is 24.7 Å². The van der Waals surface area contributed by atoms with E-state index in [-0.39, 0.29) is 30.4 Å². The number of carbonyl (C=O) groups excluding carboxylic acids is 3. The summed E-state index contributed by atoms with van der Waals surface area (Å²) in [5, 5.41) is 10.1. The highest BCUT2D eigenvalue weighted by Crippen LogP contribution is 2.54. The van der Waals surface area contributed by atoms with Crippen molar-refractivity contribution >= 4 is 17.8 Å². The molecule has 0 aromatic carbocycles. The van der Waals surface area contributed by atoms with Gasteiger partial charge in [0.1, 0.15) is 24.2 Å². The van der Waals surface area contributed by atoms with Crippen LogP contribution in [0.3, 0.4) is 0 Å². The zero-order valence-electron chi connectivity index (χ0n) is 21.1. The molecule has 34 heavy (non-hydrogen) atoms. The Labute approximate surface area is 201 Å². The van der Waals surface area contributed by atoms with E-state index >= 15 is 0 Å². The molecule has 0 radical (unpaired) electrons. The van der Waals surface area contributed by atoms with Crippen LogP contribution in [0, 0.1) is 17.3 Å². The van der Waals surface area contributed by atoms with Gasteiger partial charge >= 0.3 is 5.97 Å². The molecule has 4 aliphatic rings. The lowest BCUT2D eigenvalue weighted by atomic mass is 9.77. The van der Waals surface area contributed by atoms with Crippen LogP contribution in [0.2, 0.25) is 0 Å². The number of carbonyl (C=O) groups is 3. The third-order valence-electron chi connectivity index (χ3n) is 7.62. The molecule has 8 nitrogen and oxygen atoms in total. The predicted octanol–water partition coefficient (Wildman–Crippen LogP) is 2.06. The molecular formula is C26H38N2O6. The topological polar surface area (TPSA) is 96.4 Å². The van der Waals surface area contributed by atoms with Crippen molar-refractivity contribution in [2.75, 3.05) is 19.8 Å². The minimum absolute atomic E-state index is 0.0200. The molecule has 1 spiro atoms. The second kappa shape index (κ2) is 8.48. The number of esters is 1. The van der Waals surface area contributed by atoms with Crippen LogP contribution in [0.15, 0.2) is 24.3 Å². The van der Waals surface area contributed by atoms with Crippen LogP contribution < -0.4 is 0 Å². The lowest BCUT2D eigenvalue weighted by molar-refractivity contribution is -0.156.